The largest absolute Gasteiger partial charge is 0.546 e. The van der Waals surface area contributed by atoms with Crippen molar-refractivity contribution in [3.63, 3.8) is 0 Å². The zero-order chi connectivity index (χ0) is 10.5. The number of para-hydroxylation sites is 1. The van der Waals surface area contributed by atoms with Crippen LogP contribution in [-0.2, 0) is 0 Å². The Hall–Kier alpha value is -0.763. The Bertz CT molecular complexity index is 280. The first-order valence-corrected chi connectivity index (χ1v) is 8.37. The van der Waals surface area contributed by atoms with Gasteiger partial charge in [-0.2, -0.15) is 0 Å². The predicted molar refractivity (Wildman–Crippen MR) is 66.9 cm³/mol. The van der Waals surface area contributed by atoms with Gasteiger partial charge in [-0.25, -0.2) is 0 Å². The summed E-state index contributed by atoms with van der Waals surface area (Å²) in [5, 5.41) is 0. The van der Waals surface area contributed by atoms with Gasteiger partial charge in [0.15, 0.2) is 0 Å². The molecular weight excluding hydrogens is 200 g/mol. The van der Waals surface area contributed by atoms with Gasteiger partial charge >= 0.3 is 0 Å². The average molecular weight is 220 g/mol. The van der Waals surface area contributed by atoms with E-state index >= 15 is 0 Å². The predicted octanol–water partition coefficient (Wildman–Crippen LogP) is 3.75. The second-order valence-electron chi connectivity index (χ2n) is 4.53. The second-order valence-corrected chi connectivity index (χ2v) is 7.12. The summed E-state index contributed by atoms with van der Waals surface area (Å²) in [5.74, 6) is 1.07. The fourth-order valence-electron chi connectivity index (χ4n) is 2.41. The van der Waals surface area contributed by atoms with E-state index in [0.717, 1.165) is 11.3 Å². The Kier molecular flexibility index (Phi) is 3.84. The molecule has 1 aromatic rings. The third-order valence-electron chi connectivity index (χ3n) is 3.38. The highest BCUT2D eigenvalue weighted by Gasteiger charge is 2.23. The Labute approximate surface area is 94.2 Å². The smallest absolute Gasteiger partial charge is 0.235 e. The van der Waals surface area contributed by atoms with Crippen molar-refractivity contribution in [3.05, 3.63) is 30.3 Å². The topological polar surface area (TPSA) is 9.23 Å². The minimum Gasteiger partial charge on any atom is -0.546 e. The molecule has 0 heterocycles. The standard InChI is InChI=1S/C13H20OSi/c1-15(13-10-6-3-7-11-13)14-12-8-4-2-5-9-12/h2,4-5,8-9,13,15H,3,6-7,10-11H2,1H3. The maximum Gasteiger partial charge on any atom is 0.235 e. The lowest BCUT2D eigenvalue weighted by atomic mass is 10.0. The zero-order valence-corrected chi connectivity index (χ0v) is 10.6. The first-order chi connectivity index (χ1) is 7.36. The van der Waals surface area contributed by atoms with Gasteiger partial charge in [0.1, 0.15) is 5.75 Å². The molecule has 1 aliphatic carbocycles. The molecule has 0 N–H and O–H groups in total. The van der Waals surface area contributed by atoms with Crippen LogP contribution in [0.3, 0.4) is 0 Å². The van der Waals surface area contributed by atoms with Crippen LogP contribution in [0.15, 0.2) is 30.3 Å². The second kappa shape index (κ2) is 5.36. The molecule has 0 spiro atoms. The van der Waals surface area contributed by atoms with Crippen molar-refractivity contribution in [2.45, 2.75) is 44.2 Å². The van der Waals surface area contributed by atoms with Gasteiger partial charge in [0, 0.05) is 0 Å². The number of rotatable bonds is 3. The summed E-state index contributed by atoms with van der Waals surface area (Å²) in [7, 11) is -1.01. The third kappa shape index (κ3) is 3.10. The van der Waals surface area contributed by atoms with Crippen molar-refractivity contribution < 1.29 is 4.43 Å². The molecule has 2 rings (SSSR count). The number of hydrogen-bond acceptors (Lipinski definition) is 1. The van der Waals surface area contributed by atoms with Crippen molar-refractivity contribution in [1.82, 2.24) is 0 Å². The number of benzene rings is 1. The molecule has 1 fully saturated rings. The summed E-state index contributed by atoms with van der Waals surface area (Å²) in [6.07, 6.45) is 7.07. The fourth-order valence-corrected chi connectivity index (χ4v) is 4.60. The van der Waals surface area contributed by atoms with Crippen LogP contribution in [0.25, 0.3) is 0 Å². The van der Waals surface area contributed by atoms with E-state index in [4.69, 9.17) is 4.43 Å². The molecule has 0 bridgehead atoms. The van der Waals surface area contributed by atoms with Gasteiger partial charge in [0.2, 0.25) is 9.04 Å². The van der Waals surface area contributed by atoms with Gasteiger partial charge in [0.25, 0.3) is 0 Å². The van der Waals surface area contributed by atoms with Crippen LogP contribution in [0.5, 0.6) is 5.75 Å². The van der Waals surface area contributed by atoms with Crippen LogP contribution in [-0.4, -0.2) is 9.04 Å². The Balaban J connectivity index is 1.88. The quantitative estimate of drug-likeness (QED) is 0.705. The normalized spacial score (nSPS) is 19.8. The highest BCUT2D eigenvalue weighted by atomic mass is 28.3. The van der Waals surface area contributed by atoms with Gasteiger partial charge < -0.3 is 4.43 Å². The van der Waals surface area contributed by atoms with Crippen molar-refractivity contribution in [2.75, 3.05) is 0 Å². The average Bonchev–Trinajstić information content (AvgIpc) is 2.31. The van der Waals surface area contributed by atoms with Crippen LogP contribution >= 0.6 is 0 Å². The minimum absolute atomic E-state index is 0.902. The van der Waals surface area contributed by atoms with Crippen LogP contribution in [0.2, 0.25) is 12.1 Å². The van der Waals surface area contributed by atoms with Crippen LogP contribution < -0.4 is 4.43 Å². The lowest BCUT2D eigenvalue weighted by molar-refractivity contribution is 0.455. The van der Waals surface area contributed by atoms with E-state index in [2.05, 4.69) is 30.8 Å². The maximum atomic E-state index is 6.09. The van der Waals surface area contributed by atoms with E-state index in [9.17, 15) is 0 Å². The van der Waals surface area contributed by atoms with Crippen LogP contribution in [0.4, 0.5) is 0 Å². The van der Waals surface area contributed by atoms with Crippen LogP contribution in [0, 0.1) is 0 Å². The highest BCUT2D eigenvalue weighted by Crippen LogP contribution is 2.31. The van der Waals surface area contributed by atoms with Crippen molar-refractivity contribution in [1.29, 1.82) is 0 Å². The first kappa shape index (κ1) is 10.7. The van der Waals surface area contributed by atoms with E-state index in [0.29, 0.717) is 0 Å². The Morgan fingerprint density at radius 3 is 2.40 bits per heavy atom. The molecule has 0 amide bonds. The fraction of sp³-hybridized carbons (Fsp3) is 0.538. The molecule has 0 aliphatic heterocycles. The molecule has 2 heteroatoms. The molecule has 15 heavy (non-hydrogen) atoms. The molecule has 82 valence electrons. The Morgan fingerprint density at radius 1 is 1.07 bits per heavy atom. The lowest BCUT2D eigenvalue weighted by Crippen LogP contribution is -2.26. The molecule has 1 atom stereocenters. The highest BCUT2D eigenvalue weighted by molar-refractivity contribution is 6.52. The van der Waals surface area contributed by atoms with E-state index < -0.39 is 9.04 Å². The summed E-state index contributed by atoms with van der Waals surface area (Å²) < 4.78 is 6.09. The Morgan fingerprint density at radius 2 is 1.73 bits per heavy atom. The van der Waals surface area contributed by atoms with Gasteiger partial charge in [-0.05, 0) is 37.1 Å². The molecule has 1 nitrogen and oxygen atoms in total. The third-order valence-corrected chi connectivity index (χ3v) is 6.02. The van der Waals surface area contributed by atoms with Gasteiger partial charge in [-0.3, -0.25) is 0 Å². The van der Waals surface area contributed by atoms with Crippen LogP contribution in [0.1, 0.15) is 32.1 Å². The van der Waals surface area contributed by atoms with Crippen molar-refractivity contribution in [3.8, 4) is 5.75 Å². The number of hydrogen-bond donors (Lipinski definition) is 0. The summed E-state index contributed by atoms with van der Waals surface area (Å²) in [6, 6.07) is 10.3. The van der Waals surface area contributed by atoms with E-state index in [1.54, 1.807) is 0 Å². The molecule has 0 radical (unpaired) electrons. The van der Waals surface area contributed by atoms with Crippen molar-refractivity contribution >= 4 is 9.04 Å². The summed E-state index contributed by atoms with van der Waals surface area (Å²) in [6.45, 7) is 2.35. The molecular formula is C13H20OSi. The zero-order valence-electron chi connectivity index (χ0n) is 9.49. The molecule has 0 saturated heterocycles. The van der Waals surface area contributed by atoms with Gasteiger partial charge in [-0.15, -0.1) is 0 Å². The molecule has 1 saturated carbocycles. The maximum absolute atomic E-state index is 6.09. The summed E-state index contributed by atoms with van der Waals surface area (Å²) >= 11 is 0. The van der Waals surface area contributed by atoms with Gasteiger partial charge in [-0.1, -0.05) is 37.5 Å². The van der Waals surface area contributed by atoms with E-state index in [1.807, 2.05) is 6.07 Å². The lowest BCUT2D eigenvalue weighted by Gasteiger charge is -2.26. The molecule has 1 unspecified atom stereocenters. The first-order valence-electron chi connectivity index (χ1n) is 6.08. The van der Waals surface area contributed by atoms with E-state index in [1.165, 1.54) is 32.1 Å². The van der Waals surface area contributed by atoms with E-state index in [-0.39, 0.29) is 0 Å². The molecule has 1 aliphatic rings. The SMILES string of the molecule is C[SiH](Oc1ccccc1)C1CCCCC1. The van der Waals surface area contributed by atoms with Gasteiger partial charge in [0.05, 0.1) is 0 Å². The van der Waals surface area contributed by atoms with Crippen molar-refractivity contribution in [2.24, 2.45) is 0 Å². The minimum atomic E-state index is -1.01. The summed E-state index contributed by atoms with van der Waals surface area (Å²) in [4.78, 5) is 0. The summed E-state index contributed by atoms with van der Waals surface area (Å²) in [5.41, 5.74) is 0.902. The molecule has 0 aromatic heterocycles. The molecule has 1 aromatic carbocycles. The monoisotopic (exact) mass is 220 g/mol.